The van der Waals surface area contributed by atoms with Crippen molar-refractivity contribution in [2.45, 2.75) is 32.9 Å². The van der Waals surface area contributed by atoms with Gasteiger partial charge < -0.3 is 15.8 Å². The predicted molar refractivity (Wildman–Crippen MR) is 91.8 cm³/mol. The van der Waals surface area contributed by atoms with Crippen LogP contribution in [0.5, 0.6) is 5.75 Å². The molecule has 1 aromatic rings. The van der Waals surface area contributed by atoms with E-state index in [4.69, 9.17) is 5.73 Å². The van der Waals surface area contributed by atoms with Crippen molar-refractivity contribution in [3.05, 3.63) is 24.3 Å². The number of halogens is 3. The highest BCUT2D eigenvalue weighted by Gasteiger charge is 2.33. The van der Waals surface area contributed by atoms with E-state index < -0.39 is 6.61 Å². The zero-order valence-corrected chi connectivity index (χ0v) is 14.6. The van der Waals surface area contributed by atoms with Gasteiger partial charge in [-0.15, -0.1) is 12.4 Å². The molecule has 1 aliphatic heterocycles. The molecule has 1 fully saturated rings. The minimum atomic E-state index is -2.93. The minimum absolute atomic E-state index is 0. The van der Waals surface area contributed by atoms with E-state index in [1.54, 1.807) is 12.1 Å². The molecule has 0 saturated carbocycles. The Morgan fingerprint density at radius 3 is 2.75 bits per heavy atom. The van der Waals surface area contributed by atoms with E-state index in [1.807, 2.05) is 4.90 Å². The summed E-state index contributed by atoms with van der Waals surface area (Å²) in [6.07, 6.45) is 0.825. The van der Waals surface area contributed by atoms with Crippen molar-refractivity contribution in [3.8, 4) is 5.75 Å². The first-order chi connectivity index (χ1) is 10.8. The van der Waals surface area contributed by atoms with E-state index in [0.29, 0.717) is 0 Å². The number of carbonyl (C=O) groups excluding carboxylic acids is 1. The number of carbonyl (C=O) groups is 1. The van der Waals surface area contributed by atoms with Crippen molar-refractivity contribution in [2.24, 2.45) is 11.1 Å². The molecule has 3 N–H and O–H groups in total. The molecule has 24 heavy (non-hydrogen) atoms. The second-order valence-electron chi connectivity index (χ2n) is 6.52. The number of para-hydroxylation sites is 2. The Hall–Kier alpha value is -1.44. The number of hydrogen-bond donors (Lipinski definition) is 2. The van der Waals surface area contributed by atoms with Crippen LogP contribution >= 0.6 is 12.4 Å². The maximum atomic E-state index is 12.4. The van der Waals surface area contributed by atoms with Gasteiger partial charge in [-0.3, -0.25) is 9.69 Å². The smallest absolute Gasteiger partial charge is 0.387 e. The summed E-state index contributed by atoms with van der Waals surface area (Å²) in [5, 5.41) is 2.63. The Labute approximate surface area is 146 Å². The maximum absolute atomic E-state index is 12.4. The maximum Gasteiger partial charge on any atom is 0.387 e. The number of piperidine rings is 1. The van der Waals surface area contributed by atoms with E-state index in [0.717, 1.165) is 19.5 Å². The van der Waals surface area contributed by atoms with Crippen molar-refractivity contribution >= 4 is 24.0 Å². The normalized spacial score (nSPS) is 20.3. The summed E-state index contributed by atoms with van der Waals surface area (Å²) in [7, 11) is 0. The molecule has 1 heterocycles. The SMILES string of the molecule is CC1(C)CN(CC(=O)Nc2ccccc2OC(F)F)CCC1N.Cl. The molecule has 0 bridgehead atoms. The first-order valence-electron chi connectivity index (χ1n) is 7.59. The van der Waals surface area contributed by atoms with Gasteiger partial charge in [0.1, 0.15) is 5.75 Å². The fourth-order valence-corrected chi connectivity index (χ4v) is 2.78. The number of nitrogens with zero attached hydrogens (tertiary/aromatic N) is 1. The lowest BCUT2D eigenvalue weighted by Gasteiger charge is -2.42. The van der Waals surface area contributed by atoms with Crippen LogP contribution in [0.1, 0.15) is 20.3 Å². The van der Waals surface area contributed by atoms with Gasteiger partial charge in [-0.25, -0.2) is 0 Å². The van der Waals surface area contributed by atoms with Crippen molar-refractivity contribution < 1.29 is 18.3 Å². The third-order valence-corrected chi connectivity index (χ3v) is 4.14. The lowest BCUT2D eigenvalue weighted by atomic mass is 9.80. The number of benzene rings is 1. The van der Waals surface area contributed by atoms with Crippen LogP contribution in [-0.2, 0) is 4.79 Å². The molecule has 1 saturated heterocycles. The Kier molecular flexibility index (Phi) is 7.38. The second-order valence-corrected chi connectivity index (χ2v) is 6.52. The van der Waals surface area contributed by atoms with E-state index >= 15 is 0 Å². The predicted octanol–water partition coefficient (Wildman–Crippen LogP) is 2.71. The molecule has 0 aliphatic carbocycles. The number of nitrogens with one attached hydrogen (secondary N) is 1. The van der Waals surface area contributed by atoms with Crippen LogP contribution < -0.4 is 15.8 Å². The molecule has 1 unspecified atom stereocenters. The number of amides is 1. The van der Waals surface area contributed by atoms with E-state index in [2.05, 4.69) is 23.9 Å². The zero-order chi connectivity index (χ0) is 17.0. The van der Waals surface area contributed by atoms with Gasteiger partial charge >= 0.3 is 6.61 Å². The lowest BCUT2D eigenvalue weighted by Crippen LogP contribution is -2.53. The summed E-state index contributed by atoms with van der Waals surface area (Å²) in [5.74, 6) is -0.307. The summed E-state index contributed by atoms with van der Waals surface area (Å²) in [6, 6.07) is 6.26. The number of rotatable bonds is 5. The molecule has 8 heteroatoms. The van der Waals surface area contributed by atoms with Crippen LogP contribution in [0.3, 0.4) is 0 Å². The fourth-order valence-electron chi connectivity index (χ4n) is 2.78. The van der Waals surface area contributed by atoms with Gasteiger partial charge in [0.2, 0.25) is 5.91 Å². The van der Waals surface area contributed by atoms with Crippen molar-refractivity contribution in [1.82, 2.24) is 4.90 Å². The molecule has 1 atom stereocenters. The number of hydrogen-bond acceptors (Lipinski definition) is 4. The van der Waals surface area contributed by atoms with Crippen LogP contribution in [0.15, 0.2) is 24.3 Å². The summed E-state index contributed by atoms with van der Waals surface area (Å²) in [5.41, 5.74) is 6.26. The molecule has 5 nitrogen and oxygen atoms in total. The van der Waals surface area contributed by atoms with Crippen molar-refractivity contribution in [2.75, 3.05) is 25.0 Å². The van der Waals surface area contributed by atoms with E-state index in [-0.39, 0.29) is 47.8 Å². The summed E-state index contributed by atoms with van der Waals surface area (Å²) in [4.78, 5) is 14.2. The second kappa shape index (κ2) is 8.60. The molecule has 2 rings (SSSR count). The summed E-state index contributed by atoms with van der Waals surface area (Å²) in [6.45, 7) is 2.88. The molecule has 136 valence electrons. The Bertz CT molecular complexity index is 558. The topological polar surface area (TPSA) is 67.6 Å². The number of anilines is 1. The Morgan fingerprint density at radius 2 is 2.12 bits per heavy atom. The fraction of sp³-hybridized carbons (Fsp3) is 0.562. The van der Waals surface area contributed by atoms with Crippen LogP contribution in [-0.4, -0.2) is 43.1 Å². The third-order valence-electron chi connectivity index (χ3n) is 4.14. The van der Waals surface area contributed by atoms with Crippen molar-refractivity contribution in [3.63, 3.8) is 0 Å². The largest absolute Gasteiger partial charge is 0.433 e. The van der Waals surface area contributed by atoms with Crippen molar-refractivity contribution in [1.29, 1.82) is 0 Å². The monoisotopic (exact) mass is 363 g/mol. The van der Waals surface area contributed by atoms with Gasteiger partial charge in [0.25, 0.3) is 0 Å². The molecule has 1 amide bonds. The van der Waals surface area contributed by atoms with E-state index in [1.165, 1.54) is 12.1 Å². The number of alkyl halides is 2. The summed E-state index contributed by atoms with van der Waals surface area (Å²) < 4.78 is 29.2. The van der Waals surface area contributed by atoms with Crippen LogP contribution in [0.4, 0.5) is 14.5 Å². The van der Waals surface area contributed by atoms with Crippen LogP contribution in [0.2, 0.25) is 0 Å². The van der Waals surface area contributed by atoms with Gasteiger partial charge in [0, 0.05) is 19.1 Å². The summed E-state index contributed by atoms with van der Waals surface area (Å²) >= 11 is 0. The van der Waals surface area contributed by atoms with Crippen LogP contribution in [0.25, 0.3) is 0 Å². The molecule has 0 radical (unpaired) electrons. The zero-order valence-electron chi connectivity index (χ0n) is 13.8. The van der Waals surface area contributed by atoms with Gasteiger partial charge in [0.05, 0.1) is 12.2 Å². The van der Waals surface area contributed by atoms with Gasteiger partial charge in [-0.1, -0.05) is 26.0 Å². The molecule has 1 aliphatic rings. The highest BCUT2D eigenvalue weighted by molar-refractivity contribution is 5.93. The quantitative estimate of drug-likeness (QED) is 0.844. The first-order valence-corrected chi connectivity index (χ1v) is 7.59. The average molecular weight is 364 g/mol. The van der Waals surface area contributed by atoms with E-state index in [9.17, 15) is 13.6 Å². The number of nitrogens with two attached hydrogens (primary N) is 1. The lowest BCUT2D eigenvalue weighted by molar-refractivity contribution is -0.118. The average Bonchev–Trinajstić information content (AvgIpc) is 2.44. The molecular formula is C16H24ClF2N3O2. The Morgan fingerprint density at radius 1 is 1.46 bits per heavy atom. The minimum Gasteiger partial charge on any atom is -0.433 e. The first kappa shape index (κ1) is 20.6. The van der Waals surface area contributed by atoms with Gasteiger partial charge in [-0.2, -0.15) is 8.78 Å². The highest BCUT2D eigenvalue weighted by atomic mass is 35.5. The number of ether oxygens (including phenoxy) is 1. The standard InChI is InChI=1S/C16H23F2N3O2.ClH/c1-16(2)10-21(8-7-13(16)19)9-14(22)20-11-5-3-4-6-12(11)23-15(17)18;/h3-6,13,15H,7-10,19H2,1-2H3,(H,20,22);1H. The molecular weight excluding hydrogens is 340 g/mol. The van der Waals surface area contributed by atoms with Gasteiger partial charge in [-0.05, 0) is 24.0 Å². The van der Waals surface area contributed by atoms with Crippen LogP contribution in [0, 0.1) is 5.41 Å². The third kappa shape index (κ3) is 5.58. The highest BCUT2D eigenvalue weighted by Crippen LogP contribution is 2.28. The van der Waals surface area contributed by atoms with Gasteiger partial charge in [0.15, 0.2) is 0 Å². The Balaban J connectivity index is 0.00000288. The number of likely N-dealkylation sites (tertiary alicyclic amines) is 1. The molecule has 0 spiro atoms. The molecule has 0 aromatic heterocycles. The molecule has 1 aromatic carbocycles.